The lowest BCUT2D eigenvalue weighted by molar-refractivity contribution is -0.0102. The van der Waals surface area contributed by atoms with Gasteiger partial charge in [-0.05, 0) is 32.0 Å². The fourth-order valence-corrected chi connectivity index (χ4v) is 2.67. The van der Waals surface area contributed by atoms with Gasteiger partial charge in [0.2, 0.25) is 0 Å². The average Bonchev–Trinajstić information content (AvgIpc) is 2.87. The van der Waals surface area contributed by atoms with Gasteiger partial charge in [-0.1, -0.05) is 0 Å². The second kappa shape index (κ2) is 6.41. The third-order valence-corrected chi connectivity index (χ3v) is 3.68. The van der Waals surface area contributed by atoms with Crippen LogP contribution in [-0.2, 0) is 9.47 Å². The van der Waals surface area contributed by atoms with Crippen molar-refractivity contribution in [3.05, 3.63) is 29.6 Å². The van der Waals surface area contributed by atoms with Crippen LogP contribution in [0.2, 0.25) is 0 Å². The first-order valence-electron chi connectivity index (χ1n) is 7.40. The molecule has 0 saturated carbocycles. The summed E-state index contributed by atoms with van der Waals surface area (Å²) in [5.41, 5.74) is 2.02. The summed E-state index contributed by atoms with van der Waals surface area (Å²) in [6.07, 6.45) is 0.0798. The molecule has 2 aromatic heterocycles. The van der Waals surface area contributed by atoms with Crippen molar-refractivity contribution in [2.24, 2.45) is 0 Å². The molecular formula is C15H21N5O2. The van der Waals surface area contributed by atoms with Crippen LogP contribution in [0.4, 0.5) is 5.82 Å². The number of methoxy groups -OCH3 is 1. The molecule has 0 bridgehead atoms. The Morgan fingerprint density at radius 2 is 2.05 bits per heavy atom. The minimum atomic E-state index is 0.0798. The van der Waals surface area contributed by atoms with Crippen molar-refractivity contribution in [1.29, 1.82) is 0 Å². The number of rotatable bonds is 4. The van der Waals surface area contributed by atoms with Crippen LogP contribution >= 0.6 is 0 Å². The van der Waals surface area contributed by atoms with Crippen molar-refractivity contribution in [2.75, 3.05) is 38.3 Å². The van der Waals surface area contributed by atoms with E-state index in [-0.39, 0.29) is 6.10 Å². The maximum Gasteiger partial charge on any atom is 0.176 e. The predicted octanol–water partition coefficient (Wildman–Crippen LogP) is 1.13. The van der Waals surface area contributed by atoms with E-state index in [2.05, 4.69) is 20.2 Å². The summed E-state index contributed by atoms with van der Waals surface area (Å²) in [5.74, 6) is 1.59. The first-order valence-corrected chi connectivity index (χ1v) is 7.40. The van der Waals surface area contributed by atoms with E-state index in [4.69, 9.17) is 9.47 Å². The Hall–Kier alpha value is -1.99. The van der Waals surface area contributed by atoms with Crippen LogP contribution in [0.3, 0.4) is 0 Å². The number of ether oxygens (including phenoxy) is 2. The first kappa shape index (κ1) is 14.9. The minimum absolute atomic E-state index is 0.0798. The molecule has 2 aromatic rings. The highest BCUT2D eigenvalue weighted by Crippen LogP contribution is 2.16. The molecule has 1 aliphatic heterocycles. The largest absolute Gasteiger partial charge is 0.382 e. The third kappa shape index (κ3) is 3.10. The number of hydrogen-bond donors (Lipinski definition) is 0. The van der Waals surface area contributed by atoms with Crippen molar-refractivity contribution in [3.8, 4) is 5.82 Å². The molecule has 3 heterocycles. The van der Waals surface area contributed by atoms with Gasteiger partial charge >= 0.3 is 0 Å². The van der Waals surface area contributed by atoms with E-state index in [1.807, 2.05) is 32.0 Å². The number of hydrogen-bond acceptors (Lipinski definition) is 6. The van der Waals surface area contributed by atoms with Gasteiger partial charge in [-0.2, -0.15) is 5.10 Å². The standard InChI is InChI=1S/C15H21N5O2/c1-11-8-12(2)20(18-11)15-5-4-14(16-17-15)19-6-7-22-13(9-19)10-21-3/h4-5,8,13H,6-7,9-10H2,1-3H3/t13-/m0/s1. The van der Waals surface area contributed by atoms with Crippen molar-refractivity contribution >= 4 is 5.82 Å². The van der Waals surface area contributed by atoms with E-state index < -0.39 is 0 Å². The van der Waals surface area contributed by atoms with E-state index in [1.165, 1.54) is 0 Å². The smallest absolute Gasteiger partial charge is 0.176 e. The monoisotopic (exact) mass is 303 g/mol. The zero-order chi connectivity index (χ0) is 15.5. The summed E-state index contributed by atoms with van der Waals surface area (Å²) in [6, 6.07) is 5.95. The lowest BCUT2D eigenvalue weighted by Gasteiger charge is -2.33. The van der Waals surface area contributed by atoms with Crippen LogP contribution in [0.1, 0.15) is 11.4 Å². The van der Waals surface area contributed by atoms with Crippen molar-refractivity contribution in [2.45, 2.75) is 20.0 Å². The number of aromatic nitrogens is 4. The van der Waals surface area contributed by atoms with Gasteiger partial charge in [0.05, 0.1) is 25.0 Å². The highest BCUT2D eigenvalue weighted by atomic mass is 16.5. The Balaban J connectivity index is 1.75. The molecule has 0 N–H and O–H groups in total. The van der Waals surface area contributed by atoms with Crippen molar-refractivity contribution in [3.63, 3.8) is 0 Å². The molecule has 1 atom stereocenters. The van der Waals surface area contributed by atoms with E-state index in [0.29, 0.717) is 13.2 Å². The molecule has 0 aromatic carbocycles. The first-order chi connectivity index (χ1) is 10.7. The third-order valence-electron chi connectivity index (χ3n) is 3.68. The number of morpholine rings is 1. The van der Waals surface area contributed by atoms with Gasteiger partial charge in [-0.15, -0.1) is 10.2 Å². The summed E-state index contributed by atoms with van der Waals surface area (Å²) >= 11 is 0. The molecule has 7 nitrogen and oxygen atoms in total. The Labute approximate surface area is 129 Å². The molecule has 0 unspecified atom stereocenters. The van der Waals surface area contributed by atoms with Gasteiger partial charge in [0.1, 0.15) is 0 Å². The van der Waals surface area contributed by atoms with Gasteiger partial charge in [0, 0.05) is 25.9 Å². The van der Waals surface area contributed by atoms with Crippen molar-refractivity contribution in [1.82, 2.24) is 20.0 Å². The highest BCUT2D eigenvalue weighted by molar-refractivity contribution is 5.40. The Kier molecular flexibility index (Phi) is 4.35. The van der Waals surface area contributed by atoms with Crippen LogP contribution in [0.5, 0.6) is 0 Å². The summed E-state index contributed by atoms with van der Waals surface area (Å²) in [5, 5.41) is 13.1. The van der Waals surface area contributed by atoms with Gasteiger partial charge < -0.3 is 14.4 Å². The molecule has 1 aliphatic rings. The lowest BCUT2D eigenvalue weighted by atomic mass is 10.3. The zero-order valence-electron chi connectivity index (χ0n) is 13.2. The Morgan fingerprint density at radius 1 is 1.27 bits per heavy atom. The molecule has 1 fully saturated rings. The lowest BCUT2D eigenvalue weighted by Crippen LogP contribution is -2.44. The molecule has 0 radical (unpaired) electrons. The van der Waals surface area contributed by atoms with Gasteiger partial charge in [0.25, 0.3) is 0 Å². The maximum atomic E-state index is 5.65. The second-order valence-corrected chi connectivity index (χ2v) is 5.48. The summed E-state index contributed by atoms with van der Waals surface area (Å²) in [6.45, 7) is 6.82. The molecule has 118 valence electrons. The molecule has 7 heteroatoms. The topological polar surface area (TPSA) is 65.3 Å². The van der Waals surface area contributed by atoms with E-state index in [1.54, 1.807) is 11.8 Å². The molecule has 0 amide bonds. The SMILES string of the molecule is COC[C@@H]1CN(c2ccc(-n3nc(C)cc3C)nn2)CCO1. The summed E-state index contributed by atoms with van der Waals surface area (Å²) in [7, 11) is 1.69. The number of aryl methyl sites for hydroxylation is 2. The molecule has 1 saturated heterocycles. The predicted molar refractivity (Wildman–Crippen MR) is 82.5 cm³/mol. The molecule has 22 heavy (non-hydrogen) atoms. The van der Waals surface area contributed by atoms with Crippen LogP contribution < -0.4 is 4.90 Å². The van der Waals surface area contributed by atoms with Gasteiger partial charge in [-0.3, -0.25) is 0 Å². The zero-order valence-corrected chi connectivity index (χ0v) is 13.2. The molecular weight excluding hydrogens is 282 g/mol. The molecule has 0 spiro atoms. The summed E-state index contributed by atoms with van der Waals surface area (Å²) in [4.78, 5) is 2.17. The Bertz CT molecular complexity index is 623. The van der Waals surface area contributed by atoms with E-state index in [0.717, 1.165) is 36.1 Å². The van der Waals surface area contributed by atoms with Crippen LogP contribution in [0.25, 0.3) is 5.82 Å². The van der Waals surface area contributed by atoms with Gasteiger partial charge in [0.15, 0.2) is 11.6 Å². The molecule has 0 aliphatic carbocycles. The van der Waals surface area contributed by atoms with Gasteiger partial charge in [-0.25, -0.2) is 4.68 Å². The molecule has 3 rings (SSSR count). The fraction of sp³-hybridized carbons (Fsp3) is 0.533. The normalized spacial score (nSPS) is 18.7. The number of nitrogens with zero attached hydrogens (tertiary/aromatic N) is 5. The highest BCUT2D eigenvalue weighted by Gasteiger charge is 2.21. The fourth-order valence-electron chi connectivity index (χ4n) is 2.67. The van der Waals surface area contributed by atoms with Crippen molar-refractivity contribution < 1.29 is 9.47 Å². The number of anilines is 1. The van der Waals surface area contributed by atoms with E-state index in [9.17, 15) is 0 Å². The van der Waals surface area contributed by atoms with Crippen LogP contribution in [0.15, 0.2) is 18.2 Å². The summed E-state index contributed by atoms with van der Waals surface area (Å²) < 4.78 is 12.6. The van der Waals surface area contributed by atoms with Crippen LogP contribution in [0, 0.1) is 13.8 Å². The average molecular weight is 303 g/mol. The maximum absolute atomic E-state index is 5.65. The van der Waals surface area contributed by atoms with E-state index >= 15 is 0 Å². The second-order valence-electron chi connectivity index (χ2n) is 5.48. The minimum Gasteiger partial charge on any atom is -0.382 e. The van der Waals surface area contributed by atoms with Crippen LogP contribution in [-0.4, -0.2) is 59.5 Å². The quantitative estimate of drug-likeness (QED) is 0.843. The Morgan fingerprint density at radius 3 is 2.68 bits per heavy atom.